The number of hydrogen-bond acceptors (Lipinski definition) is 3. The van der Waals surface area contributed by atoms with Crippen LogP contribution in [0.1, 0.15) is 12.0 Å². The topological polar surface area (TPSA) is 52.6 Å². The summed E-state index contributed by atoms with van der Waals surface area (Å²) >= 11 is 0. The molecule has 1 amide bonds. The Labute approximate surface area is 112 Å². The molecule has 1 atom stereocenters. The van der Waals surface area contributed by atoms with E-state index in [0.717, 1.165) is 18.5 Å². The number of β-amino-alcohol motifs (C(OH)–C–C–N with tert-alkyl or cyclic N) is 1. The van der Waals surface area contributed by atoms with Gasteiger partial charge < -0.3 is 10.4 Å². The second-order valence-electron chi connectivity index (χ2n) is 4.90. The van der Waals surface area contributed by atoms with Crippen molar-refractivity contribution in [2.24, 2.45) is 0 Å². The molecule has 1 aliphatic heterocycles. The Bertz CT molecular complexity index is 422. The first kappa shape index (κ1) is 14.0. The summed E-state index contributed by atoms with van der Waals surface area (Å²) in [5.74, 6) is -0.281. The average molecular weight is 266 g/mol. The van der Waals surface area contributed by atoms with Gasteiger partial charge in [0.05, 0.1) is 12.6 Å². The highest BCUT2D eigenvalue weighted by Crippen LogP contribution is 2.07. The maximum absolute atomic E-state index is 12.7. The molecule has 0 unspecified atom stereocenters. The molecule has 1 aromatic rings. The molecular weight excluding hydrogens is 247 g/mol. The second-order valence-corrected chi connectivity index (χ2v) is 4.90. The van der Waals surface area contributed by atoms with Gasteiger partial charge in [-0.2, -0.15) is 0 Å². The number of hydrogen-bond donors (Lipinski definition) is 2. The van der Waals surface area contributed by atoms with Crippen molar-refractivity contribution in [3.63, 3.8) is 0 Å². The Balaban J connectivity index is 1.65. The third-order valence-electron chi connectivity index (χ3n) is 3.26. The predicted molar refractivity (Wildman–Crippen MR) is 70.2 cm³/mol. The van der Waals surface area contributed by atoms with Gasteiger partial charge in [-0.25, -0.2) is 4.39 Å². The van der Waals surface area contributed by atoms with Crippen molar-refractivity contribution in [1.82, 2.24) is 10.2 Å². The van der Waals surface area contributed by atoms with E-state index in [1.165, 1.54) is 12.1 Å². The number of nitrogens with zero attached hydrogens (tertiary/aromatic N) is 1. The molecule has 0 aliphatic carbocycles. The molecule has 0 spiro atoms. The van der Waals surface area contributed by atoms with E-state index in [1.807, 2.05) is 4.90 Å². The van der Waals surface area contributed by atoms with E-state index >= 15 is 0 Å². The quantitative estimate of drug-likeness (QED) is 0.818. The van der Waals surface area contributed by atoms with E-state index in [9.17, 15) is 14.3 Å². The van der Waals surface area contributed by atoms with Crippen LogP contribution in [0.4, 0.5) is 4.39 Å². The fraction of sp³-hybridized carbons (Fsp3) is 0.500. The van der Waals surface area contributed by atoms with Crippen molar-refractivity contribution < 1.29 is 14.3 Å². The van der Waals surface area contributed by atoms with Crippen LogP contribution in [0.15, 0.2) is 24.3 Å². The van der Waals surface area contributed by atoms with Crippen LogP contribution >= 0.6 is 0 Å². The van der Waals surface area contributed by atoms with Gasteiger partial charge in [-0.15, -0.1) is 0 Å². The summed E-state index contributed by atoms with van der Waals surface area (Å²) in [6.07, 6.45) is 1.13. The normalized spacial score (nSPS) is 19.6. The van der Waals surface area contributed by atoms with Crippen molar-refractivity contribution in [3.8, 4) is 0 Å². The number of aliphatic hydroxyl groups is 1. The molecule has 2 N–H and O–H groups in total. The van der Waals surface area contributed by atoms with Gasteiger partial charge in [0.1, 0.15) is 5.82 Å². The first-order chi connectivity index (χ1) is 9.13. The maximum Gasteiger partial charge on any atom is 0.234 e. The molecular formula is C14H19FN2O2. The van der Waals surface area contributed by atoms with Gasteiger partial charge in [-0.1, -0.05) is 12.1 Å². The minimum Gasteiger partial charge on any atom is -0.392 e. The van der Waals surface area contributed by atoms with Crippen molar-refractivity contribution in [2.45, 2.75) is 18.9 Å². The van der Waals surface area contributed by atoms with Gasteiger partial charge in [0.15, 0.2) is 0 Å². The molecule has 2 rings (SSSR count). The molecule has 0 bridgehead atoms. The minimum absolute atomic E-state index is 0.0313. The van der Waals surface area contributed by atoms with Crippen molar-refractivity contribution in [1.29, 1.82) is 0 Å². The molecule has 1 aromatic carbocycles. The summed E-state index contributed by atoms with van der Waals surface area (Å²) in [6, 6.07) is 6.28. The molecule has 1 aliphatic rings. The predicted octanol–water partition coefficient (Wildman–Crippen LogP) is 0.551. The summed E-state index contributed by atoms with van der Waals surface area (Å²) in [4.78, 5) is 13.6. The van der Waals surface area contributed by atoms with E-state index in [4.69, 9.17) is 0 Å². The number of rotatable bonds is 5. The number of carbonyl (C=O) groups is 1. The van der Waals surface area contributed by atoms with Crippen molar-refractivity contribution in [3.05, 3.63) is 35.6 Å². The third-order valence-corrected chi connectivity index (χ3v) is 3.26. The minimum atomic E-state index is -0.299. The molecule has 0 saturated carbocycles. The Morgan fingerprint density at radius 2 is 2.16 bits per heavy atom. The van der Waals surface area contributed by atoms with Crippen LogP contribution in [0.3, 0.4) is 0 Å². The molecule has 1 saturated heterocycles. The Morgan fingerprint density at radius 1 is 1.42 bits per heavy atom. The lowest BCUT2D eigenvalue weighted by Crippen LogP contribution is -2.37. The van der Waals surface area contributed by atoms with Gasteiger partial charge in [0.2, 0.25) is 5.91 Å². The number of benzene rings is 1. The van der Waals surface area contributed by atoms with E-state index in [2.05, 4.69) is 5.32 Å². The monoisotopic (exact) mass is 266 g/mol. The van der Waals surface area contributed by atoms with Gasteiger partial charge in [0.25, 0.3) is 0 Å². The van der Waals surface area contributed by atoms with Gasteiger partial charge in [0, 0.05) is 19.6 Å². The van der Waals surface area contributed by atoms with Gasteiger partial charge >= 0.3 is 0 Å². The van der Waals surface area contributed by atoms with Crippen LogP contribution in [0, 0.1) is 5.82 Å². The number of amides is 1. The molecule has 1 heterocycles. The van der Waals surface area contributed by atoms with E-state index < -0.39 is 0 Å². The van der Waals surface area contributed by atoms with Crippen LogP contribution in [-0.2, 0) is 11.2 Å². The summed E-state index contributed by atoms with van der Waals surface area (Å²) in [5, 5.41) is 12.2. The Hall–Kier alpha value is -1.46. The number of nitrogens with one attached hydrogen (secondary N) is 1. The largest absolute Gasteiger partial charge is 0.392 e. The first-order valence-corrected chi connectivity index (χ1v) is 6.55. The first-order valence-electron chi connectivity index (χ1n) is 6.55. The zero-order valence-corrected chi connectivity index (χ0v) is 10.8. The second kappa shape index (κ2) is 6.63. The smallest absolute Gasteiger partial charge is 0.234 e. The number of aliphatic hydroxyl groups excluding tert-OH is 1. The lowest BCUT2D eigenvalue weighted by Gasteiger charge is -2.14. The molecule has 5 heteroatoms. The molecule has 0 radical (unpaired) electrons. The standard InChI is InChI=1S/C14H19FN2O2/c15-12-3-1-11(2-4-12)5-7-16-14(19)10-17-8-6-13(18)9-17/h1-4,13,18H,5-10H2,(H,16,19)/t13-/m0/s1. The van der Waals surface area contributed by atoms with E-state index in [0.29, 0.717) is 26.1 Å². The van der Waals surface area contributed by atoms with Crippen LogP contribution in [0.5, 0.6) is 0 Å². The molecule has 4 nitrogen and oxygen atoms in total. The maximum atomic E-state index is 12.7. The van der Waals surface area contributed by atoms with Crippen molar-refractivity contribution in [2.75, 3.05) is 26.2 Å². The Kier molecular flexibility index (Phi) is 4.87. The fourth-order valence-corrected chi connectivity index (χ4v) is 2.21. The lowest BCUT2D eigenvalue weighted by molar-refractivity contribution is -0.122. The summed E-state index contributed by atoms with van der Waals surface area (Å²) < 4.78 is 12.7. The molecule has 19 heavy (non-hydrogen) atoms. The van der Waals surface area contributed by atoms with E-state index in [1.54, 1.807) is 12.1 Å². The van der Waals surface area contributed by atoms with Crippen LogP contribution in [0.25, 0.3) is 0 Å². The fourth-order valence-electron chi connectivity index (χ4n) is 2.21. The number of likely N-dealkylation sites (tertiary alicyclic amines) is 1. The molecule has 1 fully saturated rings. The van der Waals surface area contributed by atoms with E-state index in [-0.39, 0.29) is 17.8 Å². The van der Waals surface area contributed by atoms with Gasteiger partial charge in [-0.05, 0) is 30.5 Å². The van der Waals surface area contributed by atoms with Gasteiger partial charge in [-0.3, -0.25) is 9.69 Å². The summed E-state index contributed by atoms with van der Waals surface area (Å²) in [5.41, 5.74) is 0.998. The highest BCUT2D eigenvalue weighted by atomic mass is 19.1. The van der Waals surface area contributed by atoms with Crippen LogP contribution < -0.4 is 5.32 Å². The zero-order chi connectivity index (χ0) is 13.7. The number of halogens is 1. The SMILES string of the molecule is O=C(CN1CC[C@H](O)C1)NCCc1ccc(F)cc1. The average Bonchev–Trinajstić information content (AvgIpc) is 2.77. The summed E-state index contributed by atoms with van der Waals surface area (Å²) in [6.45, 7) is 2.22. The highest BCUT2D eigenvalue weighted by Gasteiger charge is 2.21. The summed E-state index contributed by atoms with van der Waals surface area (Å²) in [7, 11) is 0. The lowest BCUT2D eigenvalue weighted by atomic mass is 10.1. The zero-order valence-electron chi connectivity index (χ0n) is 10.8. The Morgan fingerprint density at radius 3 is 2.79 bits per heavy atom. The highest BCUT2D eigenvalue weighted by molar-refractivity contribution is 5.78. The molecule has 104 valence electrons. The van der Waals surface area contributed by atoms with Crippen LogP contribution in [-0.4, -0.2) is 48.2 Å². The molecule has 0 aromatic heterocycles. The van der Waals surface area contributed by atoms with Crippen molar-refractivity contribution >= 4 is 5.91 Å². The number of carbonyl (C=O) groups excluding carboxylic acids is 1. The third kappa shape index (κ3) is 4.61. The van der Waals surface area contributed by atoms with Crippen LogP contribution in [0.2, 0.25) is 0 Å².